The molecule has 27 heavy (non-hydrogen) atoms. The van der Waals surface area contributed by atoms with Gasteiger partial charge in [-0.25, -0.2) is 4.79 Å². The fraction of sp³-hybridized carbons (Fsp3) is 0.333. The highest BCUT2D eigenvalue weighted by Crippen LogP contribution is 2.22. The number of hydrogen-bond acceptors (Lipinski definition) is 4. The minimum atomic E-state index is -0.654. The Bertz CT molecular complexity index is 789. The molecule has 1 amide bonds. The SMILES string of the molecule is CCOC(=O)c1cc(NC(=O)[C@H](CC)Oc2ccc(CC)cc2)ccc1Cl. The molecule has 144 valence electrons. The number of anilines is 1. The van der Waals surface area contributed by atoms with Crippen LogP contribution in [0.25, 0.3) is 0 Å². The summed E-state index contributed by atoms with van der Waals surface area (Å²) in [5.74, 6) is -0.190. The van der Waals surface area contributed by atoms with E-state index in [1.807, 2.05) is 31.2 Å². The summed E-state index contributed by atoms with van der Waals surface area (Å²) >= 11 is 6.05. The van der Waals surface area contributed by atoms with Gasteiger partial charge in [0.2, 0.25) is 0 Å². The molecule has 2 aromatic rings. The summed E-state index contributed by atoms with van der Waals surface area (Å²) < 4.78 is 10.8. The Labute approximate surface area is 164 Å². The predicted molar refractivity (Wildman–Crippen MR) is 107 cm³/mol. The number of carbonyl (C=O) groups is 2. The fourth-order valence-electron chi connectivity index (χ4n) is 2.48. The Kier molecular flexibility index (Phi) is 7.67. The van der Waals surface area contributed by atoms with Crippen molar-refractivity contribution in [1.29, 1.82) is 0 Å². The van der Waals surface area contributed by atoms with E-state index in [0.29, 0.717) is 17.9 Å². The van der Waals surface area contributed by atoms with Crippen molar-refractivity contribution in [3.8, 4) is 5.75 Å². The molecule has 0 saturated carbocycles. The van der Waals surface area contributed by atoms with Gasteiger partial charge in [0.05, 0.1) is 17.2 Å². The molecule has 0 unspecified atom stereocenters. The molecule has 1 N–H and O–H groups in total. The molecule has 0 aliphatic carbocycles. The van der Waals surface area contributed by atoms with Crippen molar-refractivity contribution in [2.45, 2.75) is 39.7 Å². The normalized spacial score (nSPS) is 11.6. The number of rotatable bonds is 8. The lowest BCUT2D eigenvalue weighted by molar-refractivity contribution is -0.122. The molecule has 0 aromatic heterocycles. The Hall–Kier alpha value is -2.53. The minimum Gasteiger partial charge on any atom is -0.481 e. The van der Waals surface area contributed by atoms with Gasteiger partial charge >= 0.3 is 5.97 Å². The summed E-state index contributed by atoms with van der Waals surface area (Å²) in [6.45, 7) is 5.91. The van der Waals surface area contributed by atoms with Crippen LogP contribution in [-0.4, -0.2) is 24.6 Å². The summed E-state index contributed by atoms with van der Waals surface area (Å²) in [4.78, 5) is 24.5. The molecule has 2 rings (SSSR count). The molecular formula is C21H24ClNO4. The van der Waals surface area contributed by atoms with E-state index in [-0.39, 0.29) is 23.1 Å². The quantitative estimate of drug-likeness (QED) is 0.654. The minimum absolute atomic E-state index is 0.209. The Morgan fingerprint density at radius 3 is 2.37 bits per heavy atom. The van der Waals surface area contributed by atoms with Crippen molar-refractivity contribution < 1.29 is 19.1 Å². The standard InChI is InChI=1S/C21H24ClNO4/c1-4-14-7-10-16(11-8-14)27-19(5-2)20(24)23-15-9-12-18(22)17(13-15)21(25)26-6-3/h7-13,19H,4-6H2,1-3H3,(H,23,24)/t19-/m0/s1. The average Bonchev–Trinajstić information content (AvgIpc) is 2.68. The van der Waals surface area contributed by atoms with Crippen molar-refractivity contribution in [2.24, 2.45) is 0 Å². The first-order valence-corrected chi connectivity index (χ1v) is 9.39. The molecule has 0 bridgehead atoms. The van der Waals surface area contributed by atoms with Gasteiger partial charge in [-0.05, 0) is 55.7 Å². The summed E-state index contributed by atoms with van der Waals surface area (Å²) in [7, 11) is 0. The maximum atomic E-state index is 12.6. The van der Waals surface area contributed by atoms with E-state index in [1.165, 1.54) is 11.6 Å². The van der Waals surface area contributed by atoms with E-state index in [0.717, 1.165) is 6.42 Å². The third kappa shape index (κ3) is 5.73. The van der Waals surface area contributed by atoms with Crippen LogP contribution in [-0.2, 0) is 16.0 Å². The summed E-state index contributed by atoms with van der Waals surface area (Å²) in [6, 6.07) is 12.4. The van der Waals surface area contributed by atoms with Gasteiger partial charge in [-0.2, -0.15) is 0 Å². The molecule has 6 heteroatoms. The van der Waals surface area contributed by atoms with Crippen LogP contribution in [0.5, 0.6) is 5.75 Å². The number of benzene rings is 2. The zero-order valence-electron chi connectivity index (χ0n) is 15.8. The molecule has 0 saturated heterocycles. The Balaban J connectivity index is 2.09. The third-order valence-corrected chi connectivity index (χ3v) is 4.33. The first-order valence-electron chi connectivity index (χ1n) is 9.01. The Morgan fingerprint density at radius 2 is 1.78 bits per heavy atom. The first kappa shape index (κ1) is 20.8. The molecule has 0 radical (unpaired) electrons. The smallest absolute Gasteiger partial charge is 0.339 e. The zero-order valence-corrected chi connectivity index (χ0v) is 16.5. The van der Waals surface area contributed by atoms with Crippen molar-refractivity contribution in [3.63, 3.8) is 0 Å². The molecule has 0 aliphatic heterocycles. The molecule has 0 heterocycles. The number of nitrogens with one attached hydrogen (secondary N) is 1. The van der Waals surface area contributed by atoms with Gasteiger partial charge in [0.15, 0.2) is 6.10 Å². The van der Waals surface area contributed by atoms with Crippen molar-refractivity contribution >= 4 is 29.2 Å². The number of esters is 1. The monoisotopic (exact) mass is 389 g/mol. The van der Waals surface area contributed by atoms with E-state index in [2.05, 4.69) is 12.2 Å². The average molecular weight is 390 g/mol. The van der Waals surface area contributed by atoms with E-state index >= 15 is 0 Å². The molecule has 5 nitrogen and oxygen atoms in total. The predicted octanol–water partition coefficient (Wildman–Crippen LogP) is 4.88. The van der Waals surface area contributed by atoms with E-state index in [9.17, 15) is 9.59 Å². The van der Waals surface area contributed by atoms with Crippen LogP contribution in [0.4, 0.5) is 5.69 Å². The lowest BCUT2D eigenvalue weighted by Gasteiger charge is -2.18. The van der Waals surface area contributed by atoms with E-state index in [1.54, 1.807) is 19.1 Å². The van der Waals surface area contributed by atoms with Gasteiger partial charge in [-0.3, -0.25) is 4.79 Å². The number of amides is 1. The molecule has 2 aromatic carbocycles. The highest BCUT2D eigenvalue weighted by atomic mass is 35.5. The zero-order chi connectivity index (χ0) is 19.8. The molecule has 0 aliphatic rings. The maximum absolute atomic E-state index is 12.6. The van der Waals surface area contributed by atoms with Crippen LogP contribution in [0.3, 0.4) is 0 Å². The van der Waals surface area contributed by atoms with E-state index < -0.39 is 12.1 Å². The van der Waals surface area contributed by atoms with Gasteiger partial charge in [-0.15, -0.1) is 0 Å². The molecule has 0 fully saturated rings. The van der Waals surface area contributed by atoms with Crippen LogP contribution < -0.4 is 10.1 Å². The van der Waals surface area contributed by atoms with E-state index in [4.69, 9.17) is 21.1 Å². The number of halogens is 1. The lowest BCUT2D eigenvalue weighted by Crippen LogP contribution is -2.32. The second-order valence-electron chi connectivity index (χ2n) is 5.92. The third-order valence-electron chi connectivity index (χ3n) is 4.00. The topological polar surface area (TPSA) is 64.6 Å². The fourth-order valence-corrected chi connectivity index (χ4v) is 2.68. The number of ether oxygens (including phenoxy) is 2. The van der Waals surface area contributed by atoms with Gasteiger partial charge in [0.1, 0.15) is 5.75 Å². The van der Waals surface area contributed by atoms with Crippen LogP contribution in [0.15, 0.2) is 42.5 Å². The van der Waals surface area contributed by atoms with Crippen molar-refractivity contribution in [3.05, 3.63) is 58.6 Å². The lowest BCUT2D eigenvalue weighted by atomic mass is 10.1. The molecular weight excluding hydrogens is 366 g/mol. The number of carbonyl (C=O) groups excluding carboxylic acids is 2. The van der Waals surface area contributed by atoms with Crippen molar-refractivity contribution in [1.82, 2.24) is 0 Å². The molecule has 1 atom stereocenters. The van der Waals surface area contributed by atoms with Crippen LogP contribution in [0, 0.1) is 0 Å². The van der Waals surface area contributed by atoms with Crippen molar-refractivity contribution in [2.75, 3.05) is 11.9 Å². The van der Waals surface area contributed by atoms with Crippen LogP contribution in [0.1, 0.15) is 43.1 Å². The maximum Gasteiger partial charge on any atom is 0.339 e. The number of hydrogen-bond donors (Lipinski definition) is 1. The second-order valence-corrected chi connectivity index (χ2v) is 6.32. The summed E-state index contributed by atoms with van der Waals surface area (Å²) in [5, 5.41) is 3.04. The van der Waals surface area contributed by atoms with Gasteiger partial charge < -0.3 is 14.8 Å². The highest BCUT2D eigenvalue weighted by molar-refractivity contribution is 6.33. The first-order chi connectivity index (χ1) is 13.0. The van der Waals surface area contributed by atoms with Gasteiger partial charge in [-0.1, -0.05) is 37.6 Å². The van der Waals surface area contributed by atoms with Crippen LogP contribution in [0.2, 0.25) is 5.02 Å². The second kappa shape index (κ2) is 9.97. The Morgan fingerprint density at radius 1 is 1.07 bits per heavy atom. The number of aryl methyl sites for hydroxylation is 1. The largest absolute Gasteiger partial charge is 0.481 e. The van der Waals surface area contributed by atoms with Gasteiger partial charge in [0.25, 0.3) is 5.91 Å². The summed E-state index contributed by atoms with van der Waals surface area (Å²) in [6.07, 6.45) is 0.788. The summed E-state index contributed by atoms with van der Waals surface area (Å²) in [5.41, 5.74) is 1.86. The van der Waals surface area contributed by atoms with Gasteiger partial charge in [0, 0.05) is 5.69 Å². The molecule has 0 spiro atoms. The van der Waals surface area contributed by atoms with Crippen LogP contribution >= 0.6 is 11.6 Å². The highest BCUT2D eigenvalue weighted by Gasteiger charge is 2.20.